The Hall–Kier alpha value is -3.54. The third kappa shape index (κ3) is 6.97. The molecule has 0 amide bonds. The molecule has 3 rings (SSSR count). The molecule has 0 bridgehead atoms. The van der Waals surface area contributed by atoms with E-state index >= 15 is 0 Å². The Morgan fingerprint density at radius 3 is 2.33 bits per heavy atom. The SMILES string of the molecule is CCOC(=O)CCCCCOc1cc(-c2ccc(OC)c(OC)c2)cc(-c2ccccc2)n1. The van der Waals surface area contributed by atoms with Crippen molar-refractivity contribution in [2.45, 2.75) is 32.6 Å². The maximum Gasteiger partial charge on any atom is 0.305 e. The molecule has 0 unspecified atom stereocenters. The van der Waals surface area contributed by atoms with E-state index in [0.29, 0.717) is 37.0 Å². The van der Waals surface area contributed by atoms with Gasteiger partial charge in [-0.15, -0.1) is 0 Å². The first-order valence-corrected chi connectivity index (χ1v) is 11.2. The molecule has 0 fully saturated rings. The Labute approximate surface area is 195 Å². The van der Waals surface area contributed by atoms with Crippen molar-refractivity contribution in [3.8, 4) is 39.8 Å². The van der Waals surface area contributed by atoms with Crippen LogP contribution in [0.25, 0.3) is 22.4 Å². The Bertz CT molecular complexity index is 1040. The van der Waals surface area contributed by atoms with E-state index in [0.717, 1.165) is 41.6 Å². The summed E-state index contributed by atoms with van der Waals surface area (Å²) in [4.78, 5) is 16.2. The number of methoxy groups -OCH3 is 2. The van der Waals surface area contributed by atoms with Gasteiger partial charge in [-0.3, -0.25) is 4.79 Å². The van der Waals surface area contributed by atoms with Crippen LogP contribution in [0.5, 0.6) is 17.4 Å². The number of ether oxygens (including phenoxy) is 4. The number of nitrogens with zero attached hydrogens (tertiary/aromatic N) is 1. The van der Waals surface area contributed by atoms with Crippen molar-refractivity contribution >= 4 is 5.97 Å². The highest BCUT2D eigenvalue weighted by Gasteiger charge is 2.11. The van der Waals surface area contributed by atoms with Crippen molar-refractivity contribution < 1.29 is 23.7 Å². The van der Waals surface area contributed by atoms with E-state index in [1.807, 2.05) is 67.6 Å². The average Bonchev–Trinajstić information content (AvgIpc) is 2.86. The third-order valence-corrected chi connectivity index (χ3v) is 5.17. The van der Waals surface area contributed by atoms with Gasteiger partial charge in [-0.05, 0) is 55.5 Å². The number of hydrogen-bond donors (Lipinski definition) is 0. The number of esters is 1. The van der Waals surface area contributed by atoms with Gasteiger partial charge in [0.05, 0.1) is 33.1 Å². The molecule has 0 aliphatic carbocycles. The first kappa shape index (κ1) is 24.1. The van der Waals surface area contributed by atoms with Crippen molar-refractivity contribution in [1.82, 2.24) is 4.98 Å². The molecule has 3 aromatic rings. The van der Waals surface area contributed by atoms with Crippen LogP contribution in [0.3, 0.4) is 0 Å². The second-order valence-corrected chi connectivity index (χ2v) is 7.48. The summed E-state index contributed by atoms with van der Waals surface area (Å²) in [5.74, 6) is 1.76. The molecular weight excluding hydrogens is 418 g/mol. The quantitative estimate of drug-likeness (QED) is 0.252. The molecular formula is C27H31NO5. The van der Waals surface area contributed by atoms with Gasteiger partial charge in [-0.25, -0.2) is 4.98 Å². The van der Waals surface area contributed by atoms with Gasteiger partial charge in [0.1, 0.15) is 0 Å². The minimum atomic E-state index is -0.143. The molecule has 1 aromatic heterocycles. The van der Waals surface area contributed by atoms with Crippen molar-refractivity contribution in [3.63, 3.8) is 0 Å². The van der Waals surface area contributed by atoms with E-state index in [4.69, 9.17) is 23.9 Å². The Morgan fingerprint density at radius 2 is 1.61 bits per heavy atom. The number of pyridine rings is 1. The Balaban J connectivity index is 1.76. The smallest absolute Gasteiger partial charge is 0.305 e. The van der Waals surface area contributed by atoms with Crippen molar-refractivity contribution in [2.24, 2.45) is 0 Å². The van der Waals surface area contributed by atoms with E-state index in [2.05, 4.69) is 0 Å². The van der Waals surface area contributed by atoms with Gasteiger partial charge in [-0.2, -0.15) is 0 Å². The number of carbonyl (C=O) groups is 1. The molecule has 174 valence electrons. The van der Waals surface area contributed by atoms with Crippen LogP contribution >= 0.6 is 0 Å². The molecule has 6 heteroatoms. The summed E-state index contributed by atoms with van der Waals surface area (Å²) < 4.78 is 21.8. The molecule has 0 radical (unpaired) electrons. The van der Waals surface area contributed by atoms with E-state index in [9.17, 15) is 4.79 Å². The molecule has 33 heavy (non-hydrogen) atoms. The number of unbranched alkanes of at least 4 members (excludes halogenated alkanes) is 2. The van der Waals surface area contributed by atoms with Crippen molar-refractivity contribution in [2.75, 3.05) is 27.4 Å². The Kier molecular flexibility index (Phi) is 9.12. The molecule has 0 aliphatic heterocycles. The van der Waals surface area contributed by atoms with E-state index in [1.165, 1.54) is 0 Å². The topological polar surface area (TPSA) is 66.9 Å². The van der Waals surface area contributed by atoms with Gasteiger partial charge < -0.3 is 18.9 Å². The molecule has 0 saturated heterocycles. The zero-order valence-electron chi connectivity index (χ0n) is 19.5. The summed E-state index contributed by atoms with van der Waals surface area (Å²) in [7, 11) is 3.25. The minimum Gasteiger partial charge on any atom is -0.493 e. The van der Waals surface area contributed by atoms with Gasteiger partial charge in [-0.1, -0.05) is 36.4 Å². The highest BCUT2D eigenvalue weighted by atomic mass is 16.5. The largest absolute Gasteiger partial charge is 0.493 e. The zero-order chi connectivity index (χ0) is 23.5. The molecule has 0 spiro atoms. The maximum absolute atomic E-state index is 11.4. The normalized spacial score (nSPS) is 10.5. The summed E-state index contributed by atoms with van der Waals surface area (Å²) in [5.41, 5.74) is 3.80. The highest BCUT2D eigenvalue weighted by Crippen LogP contribution is 2.35. The predicted octanol–water partition coefficient (Wildman–Crippen LogP) is 5.94. The summed E-state index contributed by atoms with van der Waals surface area (Å²) in [6.45, 7) is 2.77. The fourth-order valence-corrected chi connectivity index (χ4v) is 3.48. The highest BCUT2D eigenvalue weighted by molar-refractivity contribution is 5.73. The van der Waals surface area contributed by atoms with Crippen LogP contribution in [0.1, 0.15) is 32.6 Å². The lowest BCUT2D eigenvalue weighted by molar-refractivity contribution is -0.143. The summed E-state index contributed by atoms with van der Waals surface area (Å²) in [6.07, 6.45) is 2.96. The van der Waals surface area contributed by atoms with Crippen LogP contribution in [0.4, 0.5) is 0 Å². The average molecular weight is 450 g/mol. The van der Waals surface area contributed by atoms with Gasteiger partial charge in [0.25, 0.3) is 0 Å². The zero-order valence-corrected chi connectivity index (χ0v) is 19.5. The molecule has 0 N–H and O–H groups in total. The first-order chi connectivity index (χ1) is 16.1. The van der Waals surface area contributed by atoms with E-state index in [-0.39, 0.29) is 5.97 Å². The fourth-order valence-electron chi connectivity index (χ4n) is 3.48. The Morgan fingerprint density at radius 1 is 0.818 bits per heavy atom. The number of carbonyl (C=O) groups excluding carboxylic acids is 1. The number of benzene rings is 2. The summed E-state index contributed by atoms with van der Waals surface area (Å²) in [5, 5.41) is 0. The lowest BCUT2D eigenvalue weighted by Crippen LogP contribution is -2.04. The summed E-state index contributed by atoms with van der Waals surface area (Å²) in [6, 6.07) is 19.8. The molecule has 1 heterocycles. The number of rotatable bonds is 12. The molecule has 6 nitrogen and oxygen atoms in total. The second kappa shape index (κ2) is 12.5. The lowest BCUT2D eigenvalue weighted by Gasteiger charge is -2.13. The van der Waals surface area contributed by atoms with Crippen LogP contribution < -0.4 is 14.2 Å². The first-order valence-electron chi connectivity index (χ1n) is 11.2. The van der Waals surface area contributed by atoms with Crippen LogP contribution in [-0.2, 0) is 9.53 Å². The number of hydrogen-bond acceptors (Lipinski definition) is 6. The third-order valence-electron chi connectivity index (χ3n) is 5.17. The fraction of sp³-hybridized carbons (Fsp3) is 0.333. The van der Waals surface area contributed by atoms with Crippen molar-refractivity contribution in [1.29, 1.82) is 0 Å². The maximum atomic E-state index is 11.4. The standard InChI is InChI=1S/C27H31NO5/c1-4-32-27(29)13-9-6-10-16-33-26-19-22(17-23(28-26)20-11-7-5-8-12-20)21-14-15-24(30-2)25(18-21)31-3/h5,7-8,11-12,14-15,17-19H,4,6,9-10,13,16H2,1-3H3. The van der Waals surface area contributed by atoms with Crippen molar-refractivity contribution in [3.05, 3.63) is 60.7 Å². The molecule has 0 saturated carbocycles. The van der Waals surface area contributed by atoms with Crippen LogP contribution in [0.15, 0.2) is 60.7 Å². The second-order valence-electron chi connectivity index (χ2n) is 7.48. The van der Waals surface area contributed by atoms with Gasteiger partial charge in [0.15, 0.2) is 11.5 Å². The lowest BCUT2D eigenvalue weighted by atomic mass is 10.0. The number of aromatic nitrogens is 1. The van der Waals surface area contributed by atoms with Crippen LogP contribution in [-0.4, -0.2) is 38.4 Å². The molecule has 0 aliphatic rings. The minimum absolute atomic E-state index is 0.143. The van der Waals surface area contributed by atoms with Gasteiger partial charge in [0.2, 0.25) is 5.88 Å². The summed E-state index contributed by atoms with van der Waals surface area (Å²) >= 11 is 0. The van der Waals surface area contributed by atoms with E-state index in [1.54, 1.807) is 14.2 Å². The predicted molar refractivity (Wildman–Crippen MR) is 129 cm³/mol. The van der Waals surface area contributed by atoms with Crippen LogP contribution in [0, 0.1) is 0 Å². The monoisotopic (exact) mass is 449 g/mol. The van der Waals surface area contributed by atoms with Crippen LogP contribution in [0.2, 0.25) is 0 Å². The van der Waals surface area contributed by atoms with E-state index < -0.39 is 0 Å². The van der Waals surface area contributed by atoms with Gasteiger partial charge in [0, 0.05) is 18.1 Å². The molecule has 0 atom stereocenters. The molecule has 2 aromatic carbocycles. The van der Waals surface area contributed by atoms with Gasteiger partial charge >= 0.3 is 5.97 Å².